The van der Waals surface area contributed by atoms with Gasteiger partial charge < -0.3 is 20.1 Å². The van der Waals surface area contributed by atoms with Crippen LogP contribution >= 0.6 is 11.3 Å². The first-order valence-electron chi connectivity index (χ1n) is 9.92. The van der Waals surface area contributed by atoms with Crippen LogP contribution in [-0.4, -0.2) is 36.1 Å². The van der Waals surface area contributed by atoms with Crippen LogP contribution in [0.15, 0.2) is 42.5 Å². The van der Waals surface area contributed by atoms with Gasteiger partial charge in [0.1, 0.15) is 19.3 Å². The minimum absolute atomic E-state index is 0.0406. The molecule has 156 valence electrons. The zero-order chi connectivity index (χ0) is 21.1. The number of carbonyl (C=O) groups is 2. The lowest BCUT2D eigenvalue weighted by molar-refractivity contribution is -0.119. The third-order valence-electron chi connectivity index (χ3n) is 5.10. The molecule has 2 heterocycles. The topological polar surface area (TPSA) is 89.6 Å². The van der Waals surface area contributed by atoms with Gasteiger partial charge in [-0.25, -0.2) is 4.98 Å². The normalized spacial score (nSPS) is 14.7. The van der Waals surface area contributed by atoms with Crippen molar-refractivity contribution in [1.29, 1.82) is 0 Å². The SMILES string of the molecule is CC[C@H](C)[C@@H](NC(=O)c1ccccc1)C(=O)Nc1nc2cc3c(cc2s1)OCCO3. The van der Waals surface area contributed by atoms with Gasteiger partial charge in [0.25, 0.3) is 5.91 Å². The molecule has 1 aromatic heterocycles. The number of nitrogens with zero attached hydrogens (tertiary/aromatic N) is 1. The molecule has 2 atom stereocenters. The summed E-state index contributed by atoms with van der Waals surface area (Å²) in [4.78, 5) is 30.1. The van der Waals surface area contributed by atoms with E-state index in [9.17, 15) is 9.59 Å². The number of rotatable bonds is 6. The number of anilines is 1. The lowest BCUT2D eigenvalue weighted by atomic mass is 9.98. The third kappa shape index (κ3) is 4.23. The summed E-state index contributed by atoms with van der Waals surface area (Å²) in [5.41, 5.74) is 1.25. The van der Waals surface area contributed by atoms with Gasteiger partial charge in [-0.3, -0.25) is 9.59 Å². The second-order valence-electron chi connectivity index (χ2n) is 7.17. The van der Waals surface area contributed by atoms with E-state index < -0.39 is 6.04 Å². The van der Waals surface area contributed by atoms with E-state index in [1.165, 1.54) is 11.3 Å². The summed E-state index contributed by atoms with van der Waals surface area (Å²) in [5.74, 6) is 0.737. The quantitative estimate of drug-likeness (QED) is 0.626. The monoisotopic (exact) mass is 425 g/mol. The van der Waals surface area contributed by atoms with E-state index in [-0.39, 0.29) is 17.7 Å². The molecule has 0 aliphatic carbocycles. The first-order chi connectivity index (χ1) is 14.5. The van der Waals surface area contributed by atoms with Gasteiger partial charge in [0.2, 0.25) is 5.91 Å². The molecule has 4 rings (SSSR count). The molecule has 30 heavy (non-hydrogen) atoms. The van der Waals surface area contributed by atoms with Gasteiger partial charge >= 0.3 is 0 Å². The summed E-state index contributed by atoms with van der Waals surface area (Å²) in [6.45, 7) is 4.95. The molecule has 2 N–H and O–H groups in total. The van der Waals surface area contributed by atoms with Crippen molar-refractivity contribution in [3.05, 3.63) is 48.0 Å². The largest absolute Gasteiger partial charge is 0.486 e. The minimum atomic E-state index is -0.672. The van der Waals surface area contributed by atoms with Gasteiger partial charge in [-0.15, -0.1) is 0 Å². The second kappa shape index (κ2) is 8.71. The molecule has 0 fully saturated rings. The highest BCUT2D eigenvalue weighted by Gasteiger charge is 2.27. The van der Waals surface area contributed by atoms with Crippen LogP contribution in [0.1, 0.15) is 30.6 Å². The summed E-state index contributed by atoms with van der Waals surface area (Å²) in [6.07, 6.45) is 0.744. The maximum atomic E-state index is 13.0. The van der Waals surface area contributed by atoms with Crippen molar-refractivity contribution >= 4 is 38.5 Å². The van der Waals surface area contributed by atoms with Gasteiger partial charge in [0, 0.05) is 17.7 Å². The molecule has 0 unspecified atom stereocenters. The molecule has 1 aliphatic heterocycles. The highest BCUT2D eigenvalue weighted by atomic mass is 32.1. The number of aromatic nitrogens is 1. The van der Waals surface area contributed by atoms with Gasteiger partial charge in [0.15, 0.2) is 16.6 Å². The smallest absolute Gasteiger partial charge is 0.251 e. The Balaban J connectivity index is 1.52. The maximum absolute atomic E-state index is 13.0. The van der Waals surface area contributed by atoms with Crippen molar-refractivity contribution in [2.45, 2.75) is 26.3 Å². The molecule has 8 heteroatoms. The Morgan fingerprint density at radius 2 is 1.83 bits per heavy atom. The predicted octanol–water partition coefficient (Wildman–Crippen LogP) is 3.85. The standard InChI is InChI=1S/C22H23N3O4S/c1-3-13(2)19(24-20(26)14-7-5-4-6-8-14)21(27)25-22-23-15-11-16-17(12-18(15)30-22)29-10-9-28-16/h4-8,11-13,19H,3,9-10H2,1-2H3,(H,24,26)(H,23,25,27)/t13-,19+/m0/s1. The van der Waals surface area contributed by atoms with Crippen LogP contribution in [0.2, 0.25) is 0 Å². The Bertz CT molecular complexity index is 1020. The van der Waals surface area contributed by atoms with Crippen molar-refractivity contribution < 1.29 is 19.1 Å². The average molecular weight is 426 g/mol. The fourth-order valence-electron chi connectivity index (χ4n) is 3.22. The van der Waals surface area contributed by atoms with E-state index in [4.69, 9.17) is 9.47 Å². The number of ether oxygens (including phenoxy) is 2. The number of amides is 2. The van der Waals surface area contributed by atoms with Crippen LogP contribution in [0, 0.1) is 5.92 Å². The Hall–Kier alpha value is -3.13. The second-order valence-corrected chi connectivity index (χ2v) is 8.21. The van der Waals surface area contributed by atoms with Crippen LogP contribution in [-0.2, 0) is 4.79 Å². The van der Waals surface area contributed by atoms with Gasteiger partial charge in [-0.1, -0.05) is 49.8 Å². The summed E-state index contributed by atoms with van der Waals surface area (Å²) >= 11 is 1.36. The Labute approximate surface area is 178 Å². The van der Waals surface area contributed by atoms with Crippen LogP contribution in [0.3, 0.4) is 0 Å². The van der Waals surface area contributed by atoms with Gasteiger partial charge in [0.05, 0.1) is 10.2 Å². The molecule has 0 saturated carbocycles. The molecular formula is C22H23N3O4S. The number of carbonyl (C=O) groups excluding carboxylic acids is 2. The average Bonchev–Trinajstić information content (AvgIpc) is 3.16. The van der Waals surface area contributed by atoms with Crippen molar-refractivity contribution in [3.8, 4) is 11.5 Å². The first kappa shape index (κ1) is 20.2. The molecular weight excluding hydrogens is 402 g/mol. The van der Waals surface area contributed by atoms with Gasteiger partial charge in [-0.05, 0) is 18.1 Å². The number of hydrogen-bond acceptors (Lipinski definition) is 6. The van der Waals surface area contributed by atoms with Crippen LogP contribution in [0.25, 0.3) is 10.2 Å². The highest BCUT2D eigenvalue weighted by molar-refractivity contribution is 7.22. The lowest BCUT2D eigenvalue weighted by Crippen LogP contribution is -2.47. The maximum Gasteiger partial charge on any atom is 0.251 e. The van der Waals surface area contributed by atoms with E-state index in [2.05, 4.69) is 15.6 Å². The lowest BCUT2D eigenvalue weighted by Gasteiger charge is -2.23. The zero-order valence-electron chi connectivity index (χ0n) is 16.8. The molecule has 0 radical (unpaired) electrons. The summed E-state index contributed by atoms with van der Waals surface area (Å²) in [5, 5.41) is 6.21. The zero-order valence-corrected chi connectivity index (χ0v) is 17.6. The molecule has 2 amide bonds. The number of fused-ring (bicyclic) bond motifs is 2. The van der Waals surface area contributed by atoms with Crippen molar-refractivity contribution in [2.75, 3.05) is 18.5 Å². The Kier molecular flexibility index (Phi) is 5.85. The fraction of sp³-hybridized carbons (Fsp3) is 0.318. The molecule has 3 aromatic rings. The molecule has 0 bridgehead atoms. The highest BCUT2D eigenvalue weighted by Crippen LogP contribution is 2.37. The van der Waals surface area contributed by atoms with Crippen LogP contribution in [0.5, 0.6) is 11.5 Å². The first-order valence-corrected chi connectivity index (χ1v) is 10.7. The molecule has 2 aromatic carbocycles. The fourth-order valence-corrected chi connectivity index (χ4v) is 4.10. The molecule has 7 nitrogen and oxygen atoms in total. The van der Waals surface area contributed by atoms with E-state index >= 15 is 0 Å². The number of hydrogen-bond donors (Lipinski definition) is 2. The Morgan fingerprint density at radius 1 is 1.13 bits per heavy atom. The van der Waals surface area contributed by atoms with Crippen LogP contribution < -0.4 is 20.1 Å². The number of benzene rings is 2. The molecule has 0 saturated heterocycles. The minimum Gasteiger partial charge on any atom is -0.486 e. The number of nitrogens with one attached hydrogen (secondary N) is 2. The van der Waals surface area contributed by atoms with E-state index in [0.29, 0.717) is 35.4 Å². The van der Waals surface area contributed by atoms with Crippen molar-refractivity contribution in [2.24, 2.45) is 5.92 Å². The van der Waals surface area contributed by atoms with Crippen molar-refractivity contribution in [3.63, 3.8) is 0 Å². The van der Waals surface area contributed by atoms with E-state index in [0.717, 1.165) is 16.6 Å². The molecule has 1 aliphatic rings. The summed E-state index contributed by atoms with van der Waals surface area (Å²) in [6, 6.07) is 11.9. The van der Waals surface area contributed by atoms with E-state index in [1.807, 2.05) is 32.0 Å². The molecule has 0 spiro atoms. The number of thiazole rings is 1. The van der Waals surface area contributed by atoms with E-state index in [1.54, 1.807) is 24.3 Å². The predicted molar refractivity (Wildman–Crippen MR) is 116 cm³/mol. The van der Waals surface area contributed by atoms with Crippen molar-refractivity contribution in [1.82, 2.24) is 10.3 Å². The van der Waals surface area contributed by atoms with Crippen LogP contribution in [0.4, 0.5) is 5.13 Å². The Morgan fingerprint density at radius 3 is 2.53 bits per heavy atom. The van der Waals surface area contributed by atoms with Gasteiger partial charge in [-0.2, -0.15) is 0 Å². The third-order valence-corrected chi connectivity index (χ3v) is 6.03. The summed E-state index contributed by atoms with van der Waals surface area (Å²) in [7, 11) is 0. The summed E-state index contributed by atoms with van der Waals surface area (Å²) < 4.78 is 12.1.